The van der Waals surface area contributed by atoms with Gasteiger partial charge in [0, 0.05) is 37.9 Å². The van der Waals surface area contributed by atoms with Gasteiger partial charge in [-0.1, -0.05) is 110 Å². The minimum absolute atomic E-state index is 0. The van der Waals surface area contributed by atoms with Gasteiger partial charge in [-0.15, -0.1) is 54.1 Å². The smallest absolute Gasteiger partial charge is 0.121 e. The van der Waals surface area contributed by atoms with Crippen molar-refractivity contribution in [2.45, 2.75) is 85.9 Å². The Morgan fingerprint density at radius 1 is 0.755 bits per heavy atom. The number of fused-ring (bicyclic) bond motifs is 3. The van der Waals surface area contributed by atoms with Gasteiger partial charge in [0.25, 0.3) is 0 Å². The van der Waals surface area contributed by atoms with Gasteiger partial charge in [-0.2, -0.15) is 0 Å². The van der Waals surface area contributed by atoms with Crippen molar-refractivity contribution in [3.8, 4) is 33.6 Å². The molecule has 3 heterocycles. The monoisotopic (exact) mass is 891 g/mol. The van der Waals surface area contributed by atoms with Crippen LogP contribution in [-0.4, -0.2) is 18.0 Å². The van der Waals surface area contributed by atoms with E-state index in [1.54, 1.807) is 0 Å². The van der Waals surface area contributed by atoms with Gasteiger partial charge in [-0.25, -0.2) is 0 Å². The summed E-state index contributed by atoms with van der Waals surface area (Å²) >= 11 is 0. The molecule has 0 amide bonds. The van der Waals surface area contributed by atoms with E-state index in [1.807, 2.05) is 42.7 Å². The molecular formula is C48H50IrN2OSi-2. The third-order valence-corrected chi connectivity index (χ3v) is 12.7. The van der Waals surface area contributed by atoms with Gasteiger partial charge in [0.15, 0.2) is 0 Å². The normalized spacial score (nSPS) is 13.4. The van der Waals surface area contributed by atoms with Crippen LogP contribution in [-0.2, 0) is 26.5 Å². The molecule has 273 valence electrons. The summed E-state index contributed by atoms with van der Waals surface area (Å²) in [6, 6.07) is 36.5. The van der Waals surface area contributed by atoms with E-state index in [1.165, 1.54) is 81.6 Å². The second-order valence-electron chi connectivity index (χ2n) is 15.9. The van der Waals surface area contributed by atoms with E-state index in [2.05, 4.69) is 119 Å². The van der Waals surface area contributed by atoms with E-state index in [4.69, 9.17) is 9.40 Å². The average molecular weight is 891 g/mol. The molecule has 3 nitrogen and oxygen atoms in total. The number of aryl methyl sites for hydroxylation is 4. The average Bonchev–Trinajstić information content (AvgIpc) is 3.51. The minimum Gasteiger partial charge on any atom is -0.501 e. The van der Waals surface area contributed by atoms with Crippen molar-refractivity contribution in [2.75, 3.05) is 0 Å². The zero-order valence-corrected chi connectivity index (χ0v) is 35.6. The zero-order valence-electron chi connectivity index (χ0n) is 32.2. The van der Waals surface area contributed by atoms with Gasteiger partial charge in [-0.05, 0) is 96.6 Å². The first-order chi connectivity index (χ1) is 25.0. The van der Waals surface area contributed by atoms with Gasteiger partial charge >= 0.3 is 0 Å². The molecule has 1 aliphatic rings. The molecule has 0 bridgehead atoms. The Labute approximate surface area is 330 Å². The molecule has 0 atom stereocenters. The molecule has 1 aliphatic carbocycles. The maximum absolute atomic E-state index is 6.60. The van der Waals surface area contributed by atoms with Gasteiger partial charge < -0.3 is 14.4 Å². The maximum Gasteiger partial charge on any atom is 0.121 e. The number of hydrogen-bond acceptors (Lipinski definition) is 3. The van der Waals surface area contributed by atoms with Crippen LogP contribution in [0.2, 0.25) is 19.6 Å². The first-order valence-corrected chi connectivity index (χ1v) is 22.4. The zero-order chi connectivity index (χ0) is 36.4. The summed E-state index contributed by atoms with van der Waals surface area (Å²) in [5.41, 5.74) is 14.8. The Morgan fingerprint density at radius 3 is 2.21 bits per heavy atom. The number of furan rings is 1. The molecule has 4 aromatic carbocycles. The summed E-state index contributed by atoms with van der Waals surface area (Å²) in [6.45, 7) is 15.8. The van der Waals surface area contributed by atoms with Crippen LogP contribution in [0.5, 0.6) is 0 Å². The van der Waals surface area contributed by atoms with E-state index in [9.17, 15) is 0 Å². The Hall–Kier alpha value is -4.15. The second kappa shape index (κ2) is 16.5. The first kappa shape index (κ1) is 38.6. The third-order valence-electron chi connectivity index (χ3n) is 10.6. The third kappa shape index (κ3) is 8.65. The summed E-state index contributed by atoms with van der Waals surface area (Å²) in [5, 5.41) is 3.72. The summed E-state index contributed by atoms with van der Waals surface area (Å²) in [4.78, 5) is 9.27. The van der Waals surface area contributed by atoms with Crippen molar-refractivity contribution in [1.29, 1.82) is 0 Å². The van der Waals surface area contributed by atoms with Crippen LogP contribution >= 0.6 is 0 Å². The molecular weight excluding hydrogens is 841 g/mol. The summed E-state index contributed by atoms with van der Waals surface area (Å²) in [5.74, 6) is 0.801. The number of benzene rings is 4. The number of pyridine rings is 2. The molecule has 1 saturated carbocycles. The Morgan fingerprint density at radius 2 is 1.53 bits per heavy atom. The Kier molecular flexibility index (Phi) is 12.0. The molecule has 0 N–H and O–H groups in total. The maximum atomic E-state index is 6.60. The van der Waals surface area contributed by atoms with Gasteiger partial charge in [0.05, 0.1) is 13.7 Å². The van der Waals surface area contributed by atoms with Crippen molar-refractivity contribution in [3.05, 3.63) is 137 Å². The van der Waals surface area contributed by atoms with Crippen LogP contribution < -0.4 is 5.19 Å². The molecule has 8 rings (SSSR count). The molecule has 53 heavy (non-hydrogen) atoms. The molecule has 0 saturated heterocycles. The number of rotatable bonds is 6. The summed E-state index contributed by atoms with van der Waals surface area (Å²) < 4.78 is 6.60. The second-order valence-corrected chi connectivity index (χ2v) is 20.9. The molecule has 7 aromatic rings. The Bertz CT molecular complexity index is 2310. The fourth-order valence-corrected chi connectivity index (χ4v) is 9.09. The van der Waals surface area contributed by atoms with Crippen molar-refractivity contribution < 1.29 is 24.5 Å². The van der Waals surface area contributed by atoms with E-state index >= 15 is 0 Å². The largest absolute Gasteiger partial charge is 0.501 e. The van der Waals surface area contributed by atoms with Crippen LogP contribution in [0.15, 0.2) is 102 Å². The van der Waals surface area contributed by atoms with Crippen LogP contribution in [0.1, 0.15) is 59.9 Å². The quantitative estimate of drug-likeness (QED) is 0.123. The van der Waals surface area contributed by atoms with Crippen molar-refractivity contribution >= 4 is 35.2 Å². The van der Waals surface area contributed by atoms with Crippen molar-refractivity contribution in [1.82, 2.24) is 9.97 Å². The molecule has 5 heteroatoms. The Balaban J connectivity index is 0.000000238. The number of hydrogen-bond donors (Lipinski definition) is 0. The van der Waals surface area contributed by atoms with Crippen LogP contribution in [0, 0.1) is 45.7 Å². The minimum atomic E-state index is -1.23. The molecule has 0 spiro atoms. The van der Waals surface area contributed by atoms with Crippen molar-refractivity contribution in [2.24, 2.45) is 5.92 Å². The van der Waals surface area contributed by atoms with Crippen LogP contribution in [0.25, 0.3) is 55.6 Å². The number of nitrogens with zero attached hydrogens (tertiary/aromatic N) is 2. The van der Waals surface area contributed by atoms with Gasteiger partial charge in [-0.3, -0.25) is 0 Å². The fraction of sp³-hybridized carbons (Fsp3) is 0.292. The standard InChI is InChI=1S/C34H34NO.C14H16NSi.Ir/c1-21-15-22(2)32(23(3)16-21)27-17-24(4)33-29-12-8-11-28(34(29)36-31(33)20-27)30-19-26(13-14-35-30)18-25-9-6-5-7-10-25;1-16(2,3)13-9-10-14(15-11-13)12-7-5-4-6-8-12;/h8,12-17,19-20,25H,5-7,9-10,18H2,1-4H3;4-7,9-11H,1-3H3;/q2*-1;. The topological polar surface area (TPSA) is 38.9 Å². The predicted octanol–water partition coefficient (Wildman–Crippen LogP) is 12.6. The van der Waals surface area contributed by atoms with E-state index in [-0.39, 0.29) is 20.1 Å². The number of aromatic nitrogens is 2. The SMILES string of the molecule is C[Si](C)(C)c1ccc(-c2[c-]cccc2)nc1.Cc1cc(C)c(-c2cc(C)c3c(c2)oc2c(-c4cc(CC5CCCCC5)ccn4)[c-]ccc23)c(C)c1.[Ir]. The van der Waals surface area contributed by atoms with E-state index < -0.39 is 8.07 Å². The predicted molar refractivity (Wildman–Crippen MR) is 222 cm³/mol. The van der Waals surface area contributed by atoms with Crippen molar-refractivity contribution in [3.63, 3.8) is 0 Å². The summed E-state index contributed by atoms with van der Waals surface area (Å²) in [6.07, 6.45) is 12.0. The molecule has 0 unspecified atom stereocenters. The van der Waals surface area contributed by atoms with E-state index in [0.29, 0.717) is 0 Å². The van der Waals surface area contributed by atoms with Crippen LogP contribution in [0.4, 0.5) is 0 Å². The van der Waals surface area contributed by atoms with E-state index in [0.717, 1.165) is 51.4 Å². The fourth-order valence-electron chi connectivity index (χ4n) is 8.06. The molecule has 1 fully saturated rings. The molecule has 3 aromatic heterocycles. The first-order valence-electron chi connectivity index (χ1n) is 18.9. The van der Waals surface area contributed by atoms with Crippen LogP contribution in [0.3, 0.4) is 0 Å². The van der Waals surface area contributed by atoms with Gasteiger partial charge in [0.2, 0.25) is 0 Å². The van der Waals surface area contributed by atoms with Gasteiger partial charge in [0.1, 0.15) is 5.58 Å². The molecule has 1 radical (unpaired) electrons. The molecule has 0 aliphatic heterocycles. The summed E-state index contributed by atoms with van der Waals surface area (Å²) in [7, 11) is -1.23.